The van der Waals surface area contributed by atoms with Crippen LogP contribution in [0.4, 0.5) is 15.9 Å². The van der Waals surface area contributed by atoms with Gasteiger partial charge in [0.05, 0.1) is 6.20 Å². The third-order valence-electron chi connectivity index (χ3n) is 3.44. The van der Waals surface area contributed by atoms with Gasteiger partial charge < -0.3 is 5.32 Å². The average Bonchev–Trinajstić information content (AvgIpc) is 2.96. The van der Waals surface area contributed by atoms with Crippen LogP contribution in [-0.2, 0) is 10.0 Å². The highest BCUT2D eigenvalue weighted by Crippen LogP contribution is 2.23. The number of nitrogens with zero attached hydrogens (tertiary/aromatic N) is 3. The molecule has 7 nitrogen and oxygen atoms in total. The Kier molecular flexibility index (Phi) is 4.20. The van der Waals surface area contributed by atoms with Crippen molar-refractivity contribution in [2.45, 2.75) is 18.7 Å². The Labute approximate surface area is 138 Å². The van der Waals surface area contributed by atoms with Crippen molar-refractivity contribution in [2.24, 2.45) is 0 Å². The number of sulfonamides is 1. The third kappa shape index (κ3) is 2.95. The molecule has 126 valence electrons. The van der Waals surface area contributed by atoms with E-state index in [1.807, 2.05) is 0 Å². The fraction of sp³-hybridized carbons (Fsp3) is 0.200. The molecule has 0 aliphatic carbocycles. The van der Waals surface area contributed by atoms with E-state index in [0.29, 0.717) is 17.1 Å². The molecular formula is C15H16FN5O2S. The predicted molar refractivity (Wildman–Crippen MR) is 88.3 cm³/mol. The quantitative estimate of drug-likeness (QED) is 0.737. The Morgan fingerprint density at radius 3 is 2.79 bits per heavy atom. The van der Waals surface area contributed by atoms with Crippen molar-refractivity contribution >= 4 is 27.2 Å². The van der Waals surface area contributed by atoms with E-state index < -0.39 is 10.0 Å². The van der Waals surface area contributed by atoms with Gasteiger partial charge in [-0.1, -0.05) is 6.92 Å². The van der Waals surface area contributed by atoms with E-state index in [2.05, 4.69) is 20.1 Å². The molecule has 0 saturated heterocycles. The Balaban J connectivity index is 2.06. The van der Waals surface area contributed by atoms with Crippen LogP contribution in [0, 0.1) is 12.7 Å². The minimum absolute atomic E-state index is 0.00354. The number of aromatic nitrogens is 3. The number of hydrogen-bond acceptors (Lipinski definition) is 5. The largest absolute Gasteiger partial charge is 0.340 e. The molecule has 3 rings (SSSR count). The second-order valence-electron chi connectivity index (χ2n) is 5.16. The second-order valence-corrected chi connectivity index (χ2v) is 6.90. The van der Waals surface area contributed by atoms with Crippen molar-refractivity contribution in [1.82, 2.24) is 19.3 Å². The highest BCUT2D eigenvalue weighted by atomic mass is 32.2. The SMILES string of the molecule is CCNS(=O)(=O)c1cnn2c(Nc3ccc(F)cc3C)ccnc12. The monoisotopic (exact) mass is 349 g/mol. The molecule has 9 heteroatoms. The van der Waals surface area contributed by atoms with Crippen LogP contribution in [-0.4, -0.2) is 29.6 Å². The Hall–Kier alpha value is -2.52. The van der Waals surface area contributed by atoms with E-state index in [0.717, 1.165) is 0 Å². The maximum atomic E-state index is 13.2. The standard InChI is InChI=1S/C15H16FN5O2S/c1-3-19-24(22,23)13-9-18-21-14(6-7-17-15(13)21)20-12-5-4-11(16)8-10(12)2/h4-9,19-20H,3H2,1-2H3. The molecule has 0 spiro atoms. The molecule has 0 atom stereocenters. The summed E-state index contributed by atoms with van der Waals surface area (Å²) in [7, 11) is -3.67. The van der Waals surface area contributed by atoms with E-state index in [-0.39, 0.29) is 22.9 Å². The van der Waals surface area contributed by atoms with Crippen LogP contribution in [0.5, 0.6) is 0 Å². The van der Waals surface area contributed by atoms with Gasteiger partial charge in [-0.15, -0.1) is 0 Å². The summed E-state index contributed by atoms with van der Waals surface area (Å²) in [6.07, 6.45) is 2.74. The molecule has 24 heavy (non-hydrogen) atoms. The van der Waals surface area contributed by atoms with E-state index in [1.165, 1.54) is 29.0 Å². The molecule has 2 N–H and O–H groups in total. The van der Waals surface area contributed by atoms with Gasteiger partial charge in [-0.05, 0) is 36.8 Å². The third-order valence-corrected chi connectivity index (χ3v) is 4.98. The van der Waals surface area contributed by atoms with Gasteiger partial charge in [-0.3, -0.25) is 0 Å². The van der Waals surface area contributed by atoms with Crippen molar-refractivity contribution < 1.29 is 12.8 Å². The lowest BCUT2D eigenvalue weighted by Gasteiger charge is -2.11. The van der Waals surface area contributed by atoms with Gasteiger partial charge in [0.1, 0.15) is 16.5 Å². The molecule has 2 aromatic heterocycles. The van der Waals surface area contributed by atoms with Crippen LogP contribution in [0.3, 0.4) is 0 Å². The van der Waals surface area contributed by atoms with Crippen LogP contribution in [0.1, 0.15) is 12.5 Å². The lowest BCUT2D eigenvalue weighted by molar-refractivity contribution is 0.584. The van der Waals surface area contributed by atoms with Gasteiger partial charge in [0, 0.05) is 18.4 Å². The zero-order valence-corrected chi connectivity index (χ0v) is 13.9. The van der Waals surface area contributed by atoms with Gasteiger partial charge in [-0.25, -0.2) is 22.5 Å². The highest BCUT2D eigenvalue weighted by Gasteiger charge is 2.21. The van der Waals surface area contributed by atoms with Gasteiger partial charge >= 0.3 is 0 Å². The zero-order valence-electron chi connectivity index (χ0n) is 13.1. The summed E-state index contributed by atoms with van der Waals surface area (Å²) in [5.41, 5.74) is 1.61. The number of benzene rings is 1. The molecule has 0 radical (unpaired) electrons. The summed E-state index contributed by atoms with van der Waals surface area (Å²) in [5.74, 6) is 0.198. The van der Waals surface area contributed by atoms with E-state index in [9.17, 15) is 12.8 Å². The second kappa shape index (κ2) is 6.17. The number of anilines is 2. The van der Waals surface area contributed by atoms with E-state index in [1.54, 1.807) is 26.0 Å². The number of halogens is 1. The summed E-state index contributed by atoms with van der Waals surface area (Å²) >= 11 is 0. The molecule has 0 amide bonds. The average molecular weight is 349 g/mol. The van der Waals surface area contributed by atoms with Crippen molar-refractivity contribution in [3.8, 4) is 0 Å². The lowest BCUT2D eigenvalue weighted by atomic mass is 10.2. The Morgan fingerprint density at radius 2 is 2.08 bits per heavy atom. The first-order valence-corrected chi connectivity index (χ1v) is 8.76. The molecular weight excluding hydrogens is 333 g/mol. The van der Waals surface area contributed by atoms with Crippen LogP contribution in [0.2, 0.25) is 0 Å². The first-order chi connectivity index (χ1) is 11.4. The first kappa shape index (κ1) is 16.3. The summed E-state index contributed by atoms with van der Waals surface area (Å²) in [4.78, 5) is 4.11. The molecule has 0 saturated carbocycles. The van der Waals surface area contributed by atoms with Gasteiger partial charge in [0.25, 0.3) is 0 Å². The normalized spacial score (nSPS) is 11.8. The molecule has 1 aromatic carbocycles. The summed E-state index contributed by atoms with van der Waals surface area (Å²) in [6, 6.07) is 6.02. The number of aryl methyl sites for hydroxylation is 1. The Bertz CT molecular complexity index is 1000. The fourth-order valence-corrected chi connectivity index (χ4v) is 3.43. The van der Waals surface area contributed by atoms with Gasteiger partial charge in [0.15, 0.2) is 5.65 Å². The molecule has 0 bridgehead atoms. The van der Waals surface area contributed by atoms with Crippen molar-refractivity contribution in [1.29, 1.82) is 0 Å². The summed E-state index contributed by atoms with van der Waals surface area (Å²) in [6.45, 7) is 3.74. The fourth-order valence-electron chi connectivity index (χ4n) is 2.33. The van der Waals surface area contributed by atoms with Crippen LogP contribution in [0.15, 0.2) is 41.6 Å². The molecule has 0 fully saturated rings. The van der Waals surface area contributed by atoms with Crippen molar-refractivity contribution in [3.63, 3.8) is 0 Å². The van der Waals surface area contributed by atoms with E-state index >= 15 is 0 Å². The number of hydrogen-bond donors (Lipinski definition) is 2. The van der Waals surface area contributed by atoms with Gasteiger partial charge in [-0.2, -0.15) is 9.61 Å². The number of fused-ring (bicyclic) bond motifs is 1. The maximum Gasteiger partial charge on any atom is 0.245 e. The van der Waals surface area contributed by atoms with Crippen molar-refractivity contribution in [2.75, 3.05) is 11.9 Å². The number of nitrogens with one attached hydrogen (secondary N) is 2. The molecule has 2 heterocycles. The molecule has 0 unspecified atom stereocenters. The minimum Gasteiger partial charge on any atom is -0.340 e. The maximum absolute atomic E-state index is 13.2. The Morgan fingerprint density at radius 1 is 1.29 bits per heavy atom. The predicted octanol–water partition coefficient (Wildman–Crippen LogP) is 2.22. The highest BCUT2D eigenvalue weighted by molar-refractivity contribution is 7.89. The molecule has 0 aliphatic heterocycles. The smallest absolute Gasteiger partial charge is 0.245 e. The summed E-state index contributed by atoms with van der Waals surface area (Å²) < 4.78 is 41.4. The molecule has 0 aliphatic rings. The van der Waals surface area contributed by atoms with Crippen LogP contribution in [0.25, 0.3) is 5.65 Å². The number of rotatable bonds is 5. The molecule has 3 aromatic rings. The van der Waals surface area contributed by atoms with Gasteiger partial charge in [0.2, 0.25) is 10.0 Å². The zero-order chi connectivity index (χ0) is 17.3. The van der Waals surface area contributed by atoms with E-state index in [4.69, 9.17) is 0 Å². The first-order valence-electron chi connectivity index (χ1n) is 7.28. The minimum atomic E-state index is -3.67. The van der Waals surface area contributed by atoms with Crippen LogP contribution < -0.4 is 10.0 Å². The lowest BCUT2D eigenvalue weighted by Crippen LogP contribution is -2.23. The van der Waals surface area contributed by atoms with Crippen LogP contribution >= 0.6 is 0 Å². The van der Waals surface area contributed by atoms with Crippen molar-refractivity contribution in [3.05, 3.63) is 48.0 Å². The summed E-state index contributed by atoms with van der Waals surface area (Å²) in [5, 5.41) is 7.23. The topological polar surface area (TPSA) is 88.4 Å².